The van der Waals surface area contributed by atoms with Gasteiger partial charge in [0.25, 0.3) is 5.56 Å². The van der Waals surface area contributed by atoms with Crippen molar-refractivity contribution in [2.75, 3.05) is 16.8 Å². The first-order valence-electron chi connectivity index (χ1n) is 12.9. The highest BCUT2D eigenvalue weighted by Gasteiger charge is 2.36. The van der Waals surface area contributed by atoms with E-state index in [1.807, 2.05) is 79.9 Å². The van der Waals surface area contributed by atoms with Crippen LogP contribution in [0.25, 0.3) is 27.8 Å². The molecule has 1 aliphatic heterocycles. The number of amides is 2. The van der Waals surface area contributed by atoms with Crippen molar-refractivity contribution in [3.05, 3.63) is 99.7 Å². The van der Waals surface area contributed by atoms with E-state index in [9.17, 15) is 14.4 Å². The Hall–Kier alpha value is -4.83. The summed E-state index contributed by atoms with van der Waals surface area (Å²) in [6.45, 7) is 4.30. The molecule has 1 atom stereocenters. The molecule has 2 aromatic carbocycles. The summed E-state index contributed by atoms with van der Waals surface area (Å²) in [6.07, 6.45) is 0.100. The maximum Gasteiger partial charge on any atom is 0.252 e. The number of aromatic amines is 1. The molecule has 1 saturated heterocycles. The van der Waals surface area contributed by atoms with Gasteiger partial charge >= 0.3 is 0 Å². The van der Waals surface area contributed by atoms with E-state index in [0.717, 1.165) is 27.3 Å². The molecule has 10 heteroatoms. The number of nitrogens with zero attached hydrogens (tertiary/aromatic N) is 4. The molecule has 0 spiro atoms. The molecule has 2 N–H and O–H groups in total. The molecular weight excluding hydrogens is 524 g/mol. The molecule has 0 bridgehead atoms. The Balaban J connectivity index is 1.32. The number of nitrogens with one attached hydrogen (secondary N) is 2. The van der Waals surface area contributed by atoms with Gasteiger partial charge in [0.05, 0.1) is 16.5 Å². The van der Waals surface area contributed by atoms with Crippen molar-refractivity contribution in [1.29, 1.82) is 0 Å². The smallest absolute Gasteiger partial charge is 0.252 e. The van der Waals surface area contributed by atoms with Gasteiger partial charge in [0, 0.05) is 36.3 Å². The van der Waals surface area contributed by atoms with Crippen molar-refractivity contribution in [2.45, 2.75) is 20.3 Å². The summed E-state index contributed by atoms with van der Waals surface area (Å²) in [6, 6.07) is 22.2. The lowest BCUT2D eigenvalue weighted by molar-refractivity contribution is -0.122. The molecular formula is C30H26N6O3S. The van der Waals surface area contributed by atoms with E-state index < -0.39 is 5.92 Å². The number of anilines is 2. The first kappa shape index (κ1) is 25.4. The molecule has 5 aromatic rings. The van der Waals surface area contributed by atoms with Gasteiger partial charge < -0.3 is 10.2 Å². The summed E-state index contributed by atoms with van der Waals surface area (Å²) in [7, 11) is 0. The number of hydrogen-bond donors (Lipinski definition) is 2. The van der Waals surface area contributed by atoms with Gasteiger partial charge in [0.2, 0.25) is 17.8 Å². The van der Waals surface area contributed by atoms with Crippen molar-refractivity contribution in [2.24, 2.45) is 5.92 Å². The van der Waals surface area contributed by atoms with Gasteiger partial charge in [-0.25, -0.2) is 4.98 Å². The van der Waals surface area contributed by atoms with Crippen molar-refractivity contribution in [3.8, 4) is 27.8 Å². The van der Waals surface area contributed by atoms with Crippen molar-refractivity contribution in [3.63, 3.8) is 0 Å². The zero-order valence-electron chi connectivity index (χ0n) is 21.9. The van der Waals surface area contributed by atoms with Crippen LogP contribution in [0.4, 0.5) is 11.5 Å². The Labute approximate surface area is 234 Å². The number of benzene rings is 2. The quantitative estimate of drug-likeness (QED) is 0.310. The van der Waals surface area contributed by atoms with Gasteiger partial charge in [0.1, 0.15) is 11.5 Å². The van der Waals surface area contributed by atoms with E-state index in [1.165, 1.54) is 22.1 Å². The fourth-order valence-electron chi connectivity index (χ4n) is 4.73. The fourth-order valence-corrected chi connectivity index (χ4v) is 5.41. The number of hydrogen-bond acceptors (Lipinski definition) is 6. The van der Waals surface area contributed by atoms with Crippen LogP contribution >= 0.6 is 11.3 Å². The van der Waals surface area contributed by atoms with Crippen LogP contribution in [-0.2, 0) is 9.59 Å². The van der Waals surface area contributed by atoms with Gasteiger partial charge in [0.15, 0.2) is 0 Å². The topological polar surface area (TPSA) is 113 Å². The van der Waals surface area contributed by atoms with Crippen LogP contribution in [0, 0.1) is 19.8 Å². The largest absolute Gasteiger partial charge is 0.312 e. The summed E-state index contributed by atoms with van der Waals surface area (Å²) in [4.78, 5) is 48.9. The Morgan fingerprint density at radius 3 is 2.55 bits per heavy atom. The third kappa shape index (κ3) is 4.96. The second-order valence-corrected chi connectivity index (χ2v) is 10.7. The Morgan fingerprint density at radius 2 is 1.80 bits per heavy atom. The molecule has 1 unspecified atom stereocenters. The van der Waals surface area contributed by atoms with E-state index in [0.29, 0.717) is 17.2 Å². The monoisotopic (exact) mass is 550 g/mol. The van der Waals surface area contributed by atoms with Crippen LogP contribution < -0.4 is 15.8 Å². The highest BCUT2D eigenvalue weighted by atomic mass is 32.1. The average Bonchev–Trinajstić information content (AvgIpc) is 3.71. The number of aromatic nitrogens is 4. The summed E-state index contributed by atoms with van der Waals surface area (Å²) >= 11 is 1.51. The van der Waals surface area contributed by atoms with Crippen LogP contribution in [0.15, 0.2) is 83.0 Å². The maximum absolute atomic E-state index is 13.5. The predicted octanol–water partition coefficient (Wildman–Crippen LogP) is 4.96. The minimum absolute atomic E-state index is 0.0993. The molecule has 3 aromatic heterocycles. The summed E-state index contributed by atoms with van der Waals surface area (Å²) in [5.41, 5.74) is 4.55. The van der Waals surface area contributed by atoms with Crippen molar-refractivity contribution in [1.82, 2.24) is 19.7 Å². The van der Waals surface area contributed by atoms with Gasteiger partial charge in [-0.2, -0.15) is 9.78 Å². The van der Waals surface area contributed by atoms with Crippen molar-refractivity contribution >= 4 is 34.7 Å². The summed E-state index contributed by atoms with van der Waals surface area (Å²) in [5.74, 6) is -0.439. The van der Waals surface area contributed by atoms with Gasteiger partial charge in [-0.1, -0.05) is 42.5 Å². The molecule has 4 heterocycles. The molecule has 1 fully saturated rings. The van der Waals surface area contributed by atoms with Gasteiger partial charge in [-0.3, -0.25) is 19.4 Å². The number of rotatable bonds is 6. The van der Waals surface area contributed by atoms with Crippen LogP contribution in [0.5, 0.6) is 0 Å². The van der Waals surface area contributed by atoms with Crippen LogP contribution in [-0.4, -0.2) is 38.1 Å². The lowest BCUT2D eigenvalue weighted by atomic mass is 10.1. The van der Waals surface area contributed by atoms with Gasteiger partial charge in [-0.15, -0.1) is 11.3 Å². The Bertz CT molecular complexity index is 1770. The lowest BCUT2D eigenvalue weighted by Crippen LogP contribution is -2.29. The molecule has 40 heavy (non-hydrogen) atoms. The average molecular weight is 551 g/mol. The van der Waals surface area contributed by atoms with Crippen LogP contribution in [0.3, 0.4) is 0 Å². The van der Waals surface area contributed by atoms with E-state index in [4.69, 9.17) is 0 Å². The normalized spacial score (nSPS) is 15.0. The second-order valence-electron chi connectivity index (χ2n) is 9.79. The fraction of sp³-hybridized carbons (Fsp3) is 0.167. The molecule has 0 aliphatic carbocycles. The maximum atomic E-state index is 13.5. The molecule has 0 saturated carbocycles. The number of thiophene rings is 1. The number of H-pyrrole nitrogens is 1. The van der Waals surface area contributed by atoms with Crippen molar-refractivity contribution < 1.29 is 9.59 Å². The third-order valence-electron chi connectivity index (χ3n) is 7.03. The van der Waals surface area contributed by atoms with E-state index >= 15 is 0 Å². The minimum Gasteiger partial charge on any atom is -0.312 e. The van der Waals surface area contributed by atoms with Crippen LogP contribution in [0.1, 0.15) is 17.5 Å². The number of aryl methyl sites for hydroxylation is 2. The first-order chi connectivity index (χ1) is 19.4. The molecule has 1 aliphatic rings. The summed E-state index contributed by atoms with van der Waals surface area (Å²) in [5, 5.41) is 9.57. The van der Waals surface area contributed by atoms with E-state index in [1.54, 1.807) is 11.0 Å². The van der Waals surface area contributed by atoms with Gasteiger partial charge in [-0.05, 0) is 48.6 Å². The number of carbonyl (C=O) groups is 2. The highest BCUT2D eigenvalue weighted by molar-refractivity contribution is 7.13. The summed E-state index contributed by atoms with van der Waals surface area (Å²) < 4.78 is 1.43. The van der Waals surface area contributed by atoms with E-state index in [2.05, 4.69) is 20.4 Å². The molecule has 0 radical (unpaired) electrons. The zero-order chi connectivity index (χ0) is 27.8. The lowest BCUT2D eigenvalue weighted by Gasteiger charge is -2.18. The molecule has 200 valence electrons. The molecule has 6 rings (SSSR count). The highest BCUT2D eigenvalue weighted by Crippen LogP contribution is 2.30. The Kier molecular flexibility index (Phi) is 6.61. The molecule has 2 amide bonds. The minimum atomic E-state index is -0.551. The Morgan fingerprint density at radius 1 is 0.975 bits per heavy atom. The molecule has 9 nitrogen and oxygen atoms in total. The SMILES string of the molecule is Cc1ccc(N2CC(C(=O)Nc3cc(-c4cccs4)nn3-c3nc(-c4ccccc4)cc(=O)[nH]3)CC2=O)cc1C. The van der Waals surface area contributed by atoms with Crippen LogP contribution in [0.2, 0.25) is 0 Å². The second kappa shape index (κ2) is 10.4. The predicted molar refractivity (Wildman–Crippen MR) is 156 cm³/mol. The standard InChI is InChI=1S/C30H26N6O3S/c1-18-10-11-22(13-19(18)2)35-17-21(14-28(35)38)29(39)32-26-15-24(25-9-6-12-40-25)34-36(26)30-31-23(16-27(37)33-30)20-7-4-3-5-8-20/h3-13,15-16,21H,14,17H2,1-2H3,(H,32,39)(H,31,33,37). The number of carbonyl (C=O) groups excluding carboxylic acids is 2. The zero-order valence-corrected chi connectivity index (χ0v) is 22.7. The first-order valence-corrected chi connectivity index (χ1v) is 13.7. The third-order valence-corrected chi connectivity index (χ3v) is 7.92. The van der Waals surface area contributed by atoms with E-state index in [-0.39, 0.29) is 36.3 Å².